The van der Waals surface area contributed by atoms with Crippen LogP contribution in [0.5, 0.6) is 11.5 Å². The quantitative estimate of drug-likeness (QED) is 0.820. The Morgan fingerprint density at radius 1 is 1.29 bits per heavy atom. The van der Waals surface area contributed by atoms with E-state index in [9.17, 15) is 10.4 Å². The van der Waals surface area contributed by atoms with Crippen molar-refractivity contribution < 1.29 is 19.5 Å². The molecule has 1 aliphatic heterocycles. The number of methoxy groups -OCH3 is 2. The minimum Gasteiger partial charge on any atom is -0.497 e. The van der Waals surface area contributed by atoms with Crippen molar-refractivity contribution in [3.63, 3.8) is 0 Å². The Bertz CT molecular complexity index is 628. The molecule has 5 nitrogen and oxygen atoms in total. The number of piperidine rings is 1. The Morgan fingerprint density at radius 2 is 2.12 bits per heavy atom. The number of nitrogens with zero attached hydrogens (tertiary/aromatic N) is 1. The first-order valence-electron chi connectivity index (χ1n) is 8.79. The van der Waals surface area contributed by atoms with Gasteiger partial charge in [-0.2, -0.15) is 5.26 Å². The standard InChI is InChI=1S/C19H26N2O3/c1-23-14-6-7-17(24-2)15(13-14)18-16-5-3-4-8-19(16,22)9-11-21(18)12-10-20/h6-7,13,16,18,22H,3-5,8-9,11-12H2,1-2H3/p+1/t16-,18+,19-/m0/s1. The number of rotatable bonds is 4. The first kappa shape index (κ1) is 17.1. The zero-order valence-electron chi connectivity index (χ0n) is 14.5. The molecular weight excluding hydrogens is 304 g/mol. The highest BCUT2D eigenvalue weighted by Gasteiger charge is 2.52. The number of hydrogen-bond acceptors (Lipinski definition) is 4. The van der Waals surface area contributed by atoms with Gasteiger partial charge in [-0.25, -0.2) is 0 Å². The lowest BCUT2D eigenvalue weighted by molar-refractivity contribution is -0.938. The zero-order valence-corrected chi connectivity index (χ0v) is 14.5. The number of aliphatic hydroxyl groups is 1. The third-order valence-electron chi connectivity index (χ3n) is 5.86. The molecule has 130 valence electrons. The molecule has 2 fully saturated rings. The van der Waals surface area contributed by atoms with Crippen molar-refractivity contribution >= 4 is 0 Å². The predicted octanol–water partition coefficient (Wildman–Crippen LogP) is 1.48. The number of hydrogen-bond donors (Lipinski definition) is 2. The number of nitriles is 1. The number of benzene rings is 1. The Hall–Kier alpha value is -1.77. The fraction of sp³-hybridized carbons (Fsp3) is 0.632. The van der Waals surface area contributed by atoms with Gasteiger partial charge in [0.2, 0.25) is 0 Å². The van der Waals surface area contributed by atoms with Crippen molar-refractivity contribution in [3.8, 4) is 17.6 Å². The zero-order chi connectivity index (χ0) is 17.2. The van der Waals surface area contributed by atoms with E-state index in [1.165, 1.54) is 4.90 Å². The van der Waals surface area contributed by atoms with Crippen molar-refractivity contribution in [2.45, 2.75) is 43.7 Å². The van der Waals surface area contributed by atoms with Gasteiger partial charge in [0, 0.05) is 12.3 Å². The van der Waals surface area contributed by atoms with Gasteiger partial charge < -0.3 is 19.5 Å². The molecule has 1 saturated carbocycles. The van der Waals surface area contributed by atoms with E-state index in [0.29, 0.717) is 6.54 Å². The molecule has 1 aliphatic carbocycles. The van der Waals surface area contributed by atoms with E-state index >= 15 is 0 Å². The number of ether oxygens (including phenoxy) is 2. The van der Waals surface area contributed by atoms with Crippen LogP contribution >= 0.6 is 0 Å². The van der Waals surface area contributed by atoms with Crippen molar-refractivity contribution in [3.05, 3.63) is 23.8 Å². The summed E-state index contributed by atoms with van der Waals surface area (Å²) < 4.78 is 11.0. The van der Waals surface area contributed by atoms with Crippen molar-refractivity contribution in [2.24, 2.45) is 5.92 Å². The first-order valence-corrected chi connectivity index (χ1v) is 8.79. The summed E-state index contributed by atoms with van der Waals surface area (Å²) in [5, 5.41) is 20.5. The predicted molar refractivity (Wildman–Crippen MR) is 90.1 cm³/mol. The highest BCUT2D eigenvalue weighted by atomic mass is 16.5. The van der Waals surface area contributed by atoms with Crippen LogP contribution in [-0.4, -0.2) is 38.0 Å². The van der Waals surface area contributed by atoms with Crippen LogP contribution in [0.3, 0.4) is 0 Å². The van der Waals surface area contributed by atoms with Gasteiger partial charge in [-0.05, 0) is 31.0 Å². The van der Waals surface area contributed by atoms with Gasteiger partial charge in [0.1, 0.15) is 23.6 Å². The van der Waals surface area contributed by atoms with E-state index in [0.717, 1.165) is 55.7 Å². The third kappa shape index (κ3) is 2.97. The molecule has 1 saturated heterocycles. The molecule has 4 atom stereocenters. The maximum Gasteiger partial charge on any atom is 0.165 e. The Balaban J connectivity index is 2.07. The molecule has 2 N–H and O–H groups in total. The average molecular weight is 331 g/mol. The SMILES string of the molecule is COc1ccc(OC)c([C@@H]2[C@@H]3CCCC[C@]3(O)CC[NH+]2CC#N)c1. The molecule has 5 heteroatoms. The van der Waals surface area contributed by atoms with Crippen LogP contribution in [0.25, 0.3) is 0 Å². The number of likely N-dealkylation sites (tertiary alicyclic amines) is 1. The summed E-state index contributed by atoms with van der Waals surface area (Å²) in [6.45, 7) is 1.25. The van der Waals surface area contributed by atoms with Gasteiger partial charge in [-0.3, -0.25) is 0 Å². The molecule has 1 aromatic carbocycles. The molecule has 1 unspecified atom stereocenters. The summed E-state index contributed by atoms with van der Waals surface area (Å²) in [5.74, 6) is 1.75. The van der Waals surface area contributed by atoms with Crippen LogP contribution in [0, 0.1) is 17.2 Å². The normalized spacial score (nSPS) is 32.5. The van der Waals surface area contributed by atoms with Crippen molar-refractivity contribution in [2.75, 3.05) is 27.3 Å². The molecule has 0 amide bonds. The molecule has 0 radical (unpaired) electrons. The summed E-state index contributed by atoms with van der Waals surface area (Å²) in [7, 11) is 3.33. The van der Waals surface area contributed by atoms with E-state index in [-0.39, 0.29) is 12.0 Å². The largest absolute Gasteiger partial charge is 0.497 e. The van der Waals surface area contributed by atoms with Gasteiger partial charge >= 0.3 is 0 Å². The molecule has 24 heavy (non-hydrogen) atoms. The lowest BCUT2D eigenvalue weighted by atomic mass is 9.66. The van der Waals surface area contributed by atoms with Crippen LogP contribution in [0.1, 0.15) is 43.7 Å². The summed E-state index contributed by atoms with van der Waals surface area (Å²) in [6, 6.07) is 8.22. The topological polar surface area (TPSA) is 66.9 Å². The van der Waals surface area contributed by atoms with Crippen LogP contribution in [0.4, 0.5) is 0 Å². The highest BCUT2D eigenvalue weighted by Crippen LogP contribution is 2.46. The van der Waals surface area contributed by atoms with E-state index < -0.39 is 5.60 Å². The third-order valence-corrected chi connectivity index (χ3v) is 5.86. The van der Waals surface area contributed by atoms with Crippen molar-refractivity contribution in [1.29, 1.82) is 5.26 Å². The maximum absolute atomic E-state index is 11.2. The second-order valence-electron chi connectivity index (χ2n) is 7.03. The second-order valence-corrected chi connectivity index (χ2v) is 7.03. The lowest BCUT2D eigenvalue weighted by Gasteiger charge is -2.49. The van der Waals surface area contributed by atoms with E-state index in [4.69, 9.17) is 9.47 Å². The smallest absolute Gasteiger partial charge is 0.165 e. The Kier molecular flexibility index (Phi) is 4.98. The van der Waals surface area contributed by atoms with Crippen LogP contribution in [0.2, 0.25) is 0 Å². The molecule has 0 spiro atoms. The van der Waals surface area contributed by atoms with Gasteiger partial charge in [-0.1, -0.05) is 12.8 Å². The lowest BCUT2D eigenvalue weighted by Crippen LogP contribution is -3.15. The van der Waals surface area contributed by atoms with E-state index in [1.807, 2.05) is 18.2 Å². The summed E-state index contributed by atoms with van der Waals surface area (Å²) in [5.41, 5.74) is 0.433. The average Bonchev–Trinajstić information content (AvgIpc) is 2.61. The molecule has 1 heterocycles. The summed E-state index contributed by atoms with van der Waals surface area (Å²) >= 11 is 0. The van der Waals surface area contributed by atoms with Crippen LogP contribution < -0.4 is 14.4 Å². The van der Waals surface area contributed by atoms with E-state index in [2.05, 4.69) is 6.07 Å². The number of nitrogens with one attached hydrogen (secondary N) is 1. The highest BCUT2D eigenvalue weighted by molar-refractivity contribution is 5.42. The van der Waals surface area contributed by atoms with Gasteiger partial charge in [-0.15, -0.1) is 0 Å². The first-order chi connectivity index (χ1) is 11.6. The molecule has 0 bridgehead atoms. The fourth-order valence-electron chi connectivity index (χ4n) is 4.67. The minimum atomic E-state index is -0.615. The number of fused-ring (bicyclic) bond motifs is 1. The maximum atomic E-state index is 11.2. The fourth-order valence-corrected chi connectivity index (χ4v) is 4.67. The molecule has 1 aromatic rings. The molecule has 0 aromatic heterocycles. The summed E-state index contributed by atoms with van der Waals surface area (Å²) in [4.78, 5) is 1.22. The molecule has 2 aliphatic rings. The second kappa shape index (κ2) is 7.00. The summed E-state index contributed by atoms with van der Waals surface area (Å²) in [6.07, 6.45) is 4.85. The van der Waals surface area contributed by atoms with Gasteiger partial charge in [0.05, 0.1) is 31.9 Å². The monoisotopic (exact) mass is 331 g/mol. The minimum absolute atomic E-state index is 0.0637. The number of quaternary nitrogens is 1. The Labute approximate surface area is 143 Å². The van der Waals surface area contributed by atoms with Gasteiger partial charge in [0.25, 0.3) is 0 Å². The van der Waals surface area contributed by atoms with Gasteiger partial charge in [0.15, 0.2) is 6.54 Å². The molecule has 3 rings (SSSR count). The molecular formula is C19H27N2O3+. The van der Waals surface area contributed by atoms with Crippen LogP contribution in [-0.2, 0) is 0 Å². The van der Waals surface area contributed by atoms with E-state index in [1.54, 1.807) is 14.2 Å². The van der Waals surface area contributed by atoms with Crippen molar-refractivity contribution in [1.82, 2.24) is 0 Å². The van der Waals surface area contributed by atoms with Crippen LogP contribution in [0.15, 0.2) is 18.2 Å². The Morgan fingerprint density at radius 3 is 2.83 bits per heavy atom.